The van der Waals surface area contributed by atoms with Crippen LogP contribution >= 0.6 is 0 Å². The number of amides is 2. The van der Waals surface area contributed by atoms with Gasteiger partial charge in [0.2, 0.25) is 15.9 Å². The third-order valence-corrected chi connectivity index (χ3v) is 6.20. The Hall–Kier alpha value is -1.93. The summed E-state index contributed by atoms with van der Waals surface area (Å²) >= 11 is 0. The molecule has 1 saturated carbocycles. The van der Waals surface area contributed by atoms with Crippen molar-refractivity contribution in [3.8, 4) is 0 Å². The van der Waals surface area contributed by atoms with Crippen molar-refractivity contribution in [1.82, 2.24) is 15.2 Å². The molecule has 0 spiro atoms. The number of benzene rings is 1. The van der Waals surface area contributed by atoms with Crippen LogP contribution in [0.5, 0.6) is 0 Å². The van der Waals surface area contributed by atoms with Gasteiger partial charge in [0.25, 0.3) is 5.91 Å². The lowest BCUT2D eigenvalue weighted by Gasteiger charge is -2.20. The molecule has 0 unspecified atom stereocenters. The van der Waals surface area contributed by atoms with E-state index in [0.717, 1.165) is 30.0 Å². The summed E-state index contributed by atoms with van der Waals surface area (Å²) in [5, 5.41) is 0. The van der Waals surface area contributed by atoms with E-state index in [1.807, 2.05) is 0 Å². The quantitative estimate of drug-likeness (QED) is 0.774. The summed E-state index contributed by atoms with van der Waals surface area (Å²) < 4.78 is 25.3. The summed E-state index contributed by atoms with van der Waals surface area (Å²) in [7, 11) is -0.769. The zero-order valence-corrected chi connectivity index (χ0v) is 15.4. The summed E-state index contributed by atoms with van der Waals surface area (Å²) in [5.41, 5.74) is 4.93. The average molecular weight is 367 g/mol. The number of sulfonamides is 1. The van der Waals surface area contributed by atoms with Crippen LogP contribution < -0.4 is 10.9 Å². The molecule has 1 aliphatic carbocycles. The van der Waals surface area contributed by atoms with E-state index < -0.39 is 15.9 Å². The summed E-state index contributed by atoms with van der Waals surface area (Å²) in [6, 6.07) is 5.71. The zero-order chi connectivity index (χ0) is 18.4. The second kappa shape index (κ2) is 8.44. The number of rotatable bonds is 5. The molecule has 0 atom stereocenters. The van der Waals surface area contributed by atoms with Crippen LogP contribution in [-0.4, -0.2) is 38.6 Å². The maximum Gasteiger partial charge on any atom is 0.269 e. The van der Waals surface area contributed by atoms with Gasteiger partial charge >= 0.3 is 0 Å². The van der Waals surface area contributed by atoms with E-state index in [4.69, 9.17) is 0 Å². The average Bonchev–Trinajstić information content (AvgIpc) is 2.60. The SMILES string of the molecule is CN(C)S(=O)(=O)c1cccc(C(=O)NNC(=O)CC2CCCCC2)c1. The molecule has 138 valence electrons. The van der Waals surface area contributed by atoms with Gasteiger partial charge in [-0.15, -0.1) is 0 Å². The fourth-order valence-electron chi connectivity index (χ4n) is 2.91. The molecular formula is C17H25N3O4S. The number of carbonyl (C=O) groups is 2. The lowest BCUT2D eigenvalue weighted by atomic mass is 9.87. The minimum atomic E-state index is -3.62. The van der Waals surface area contributed by atoms with Crippen molar-refractivity contribution in [1.29, 1.82) is 0 Å². The first-order valence-electron chi connectivity index (χ1n) is 8.42. The normalized spacial score (nSPS) is 15.8. The Kier molecular flexibility index (Phi) is 6.55. The molecule has 0 radical (unpaired) electrons. The molecule has 0 bridgehead atoms. The van der Waals surface area contributed by atoms with E-state index in [2.05, 4.69) is 10.9 Å². The van der Waals surface area contributed by atoms with Crippen molar-refractivity contribution in [3.05, 3.63) is 29.8 Å². The summed E-state index contributed by atoms with van der Waals surface area (Å²) in [6.45, 7) is 0. The molecular weight excluding hydrogens is 342 g/mol. The van der Waals surface area contributed by atoms with Crippen LogP contribution in [0.4, 0.5) is 0 Å². The predicted molar refractivity (Wildman–Crippen MR) is 94.1 cm³/mol. The molecule has 0 aliphatic heterocycles. The molecule has 8 heteroatoms. The van der Waals surface area contributed by atoms with Gasteiger partial charge in [-0.1, -0.05) is 25.3 Å². The number of nitrogens with one attached hydrogen (secondary N) is 2. The summed E-state index contributed by atoms with van der Waals surface area (Å²) in [5.74, 6) is -0.399. The molecule has 1 aromatic rings. The fraction of sp³-hybridized carbons (Fsp3) is 0.529. The zero-order valence-electron chi connectivity index (χ0n) is 14.6. The van der Waals surface area contributed by atoms with Crippen molar-refractivity contribution in [2.45, 2.75) is 43.4 Å². The Morgan fingerprint density at radius 1 is 1.12 bits per heavy atom. The molecule has 0 aromatic heterocycles. The van der Waals surface area contributed by atoms with Crippen LogP contribution in [0.2, 0.25) is 0 Å². The van der Waals surface area contributed by atoms with Crippen LogP contribution in [0.25, 0.3) is 0 Å². The molecule has 7 nitrogen and oxygen atoms in total. The Morgan fingerprint density at radius 2 is 1.80 bits per heavy atom. The van der Waals surface area contributed by atoms with Gasteiger partial charge in [-0.3, -0.25) is 20.4 Å². The van der Waals surface area contributed by atoms with Gasteiger partial charge in [-0.25, -0.2) is 12.7 Å². The molecule has 0 saturated heterocycles. The van der Waals surface area contributed by atoms with Gasteiger partial charge in [0.15, 0.2) is 0 Å². The van der Waals surface area contributed by atoms with Gasteiger partial charge < -0.3 is 0 Å². The van der Waals surface area contributed by atoms with Crippen LogP contribution in [0.15, 0.2) is 29.2 Å². The van der Waals surface area contributed by atoms with Gasteiger partial charge in [0.05, 0.1) is 4.90 Å². The van der Waals surface area contributed by atoms with Crippen molar-refractivity contribution in [3.63, 3.8) is 0 Å². The minimum absolute atomic E-state index is 0.0266. The second-order valence-corrected chi connectivity index (χ2v) is 8.68. The standard InChI is InChI=1S/C17H25N3O4S/c1-20(2)25(23,24)15-10-6-9-14(12-15)17(22)19-18-16(21)11-13-7-4-3-5-8-13/h6,9-10,12-13H,3-5,7-8,11H2,1-2H3,(H,18,21)(H,19,22). The molecule has 25 heavy (non-hydrogen) atoms. The van der Waals surface area contributed by atoms with Gasteiger partial charge in [-0.2, -0.15) is 0 Å². The van der Waals surface area contributed by atoms with E-state index >= 15 is 0 Å². The van der Waals surface area contributed by atoms with Crippen molar-refractivity contribution < 1.29 is 18.0 Å². The highest BCUT2D eigenvalue weighted by molar-refractivity contribution is 7.89. The third-order valence-electron chi connectivity index (χ3n) is 4.39. The number of carbonyl (C=O) groups excluding carboxylic acids is 2. The highest BCUT2D eigenvalue weighted by atomic mass is 32.2. The largest absolute Gasteiger partial charge is 0.273 e. The summed E-state index contributed by atoms with van der Waals surface area (Å²) in [4.78, 5) is 24.1. The molecule has 2 amide bonds. The number of hydrogen-bond donors (Lipinski definition) is 2. The van der Waals surface area contributed by atoms with Crippen molar-refractivity contribution in [2.75, 3.05) is 14.1 Å². The van der Waals surface area contributed by atoms with Gasteiger partial charge in [0.1, 0.15) is 0 Å². The number of hydrogen-bond acceptors (Lipinski definition) is 4. The van der Waals surface area contributed by atoms with Crippen LogP contribution in [-0.2, 0) is 14.8 Å². The minimum Gasteiger partial charge on any atom is -0.273 e. The molecule has 2 N–H and O–H groups in total. The first-order chi connectivity index (χ1) is 11.8. The Balaban J connectivity index is 1.93. The first kappa shape index (κ1) is 19.4. The van der Waals surface area contributed by atoms with E-state index in [9.17, 15) is 18.0 Å². The van der Waals surface area contributed by atoms with Gasteiger partial charge in [0, 0.05) is 26.1 Å². The van der Waals surface area contributed by atoms with E-state index in [1.54, 1.807) is 0 Å². The molecule has 1 fully saturated rings. The first-order valence-corrected chi connectivity index (χ1v) is 9.86. The summed E-state index contributed by atoms with van der Waals surface area (Å²) in [6.07, 6.45) is 6.02. The second-order valence-electron chi connectivity index (χ2n) is 6.53. The molecule has 0 heterocycles. The smallest absolute Gasteiger partial charge is 0.269 e. The Morgan fingerprint density at radius 3 is 2.44 bits per heavy atom. The van der Waals surface area contributed by atoms with Crippen molar-refractivity contribution >= 4 is 21.8 Å². The number of nitrogens with zero attached hydrogens (tertiary/aromatic N) is 1. The lowest BCUT2D eigenvalue weighted by molar-refractivity contribution is -0.123. The lowest BCUT2D eigenvalue weighted by Crippen LogP contribution is -2.42. The van der Waals surface area contributed by atoms with E-state index in [-0.39, 0.29) is 16.4 Å². The molecule has 1 aliphatic rings. The topological polar surface area (TPSA) is 95.6 Å². The van der Waals surface area contributed by atoms with Gasteiger partial charge in [-0.05, 0) is 37.0 Å². The highest BCUT2D eigenvalue weighted by Crippen LogP contribution is 2.25. The molecule has 2 rings (SSSR count). The van der Waals surface area contributed by atoms with Crippen LogP contribution in [0, 0.1) is 5.92 Å². The third kappa shape index (κ3) is 5.27. The predicted octanol–water partition coefficient (Wildman–Crippen LogP) is 1.67. The monoisotopic (exact) mass is 367 g/mol. The maximum absolute atomic E-state index is 12.2. The molecule has 1 aromatic carbocycles. The van der Waals surface area contributed by atoms with Crippen LogP contribution in [0.3, 0.4) is 0 Å². The van der Waals surface area contributed by atoms with E-state index in [1.165, 1.54) is 44.8 Å². The van der Waals surface area contributed by atoms with Crippen molar-refractivity contribution in [2.24, 2.45) is 5.92 Å². The van der Waals surface area contributed by atoms with Crippen LogP contribution in [0.1, 0.15) is 48.9 Å². The Labute approximate surface area is 148 Å². The van der Waals surface area contributed by atoms with E-state index in [0.29, 0.717) is 12.3 Å². The Bertz CT molecular complexity index is 725. The fourth-order valence-corrected chi connectivity index (χ4v) is 3.86. The number of hydrazine groups is 1. The highest BCUT2D eigenvalue weighted by Gasteiger charge is 2.20. The maximum atomic E-state index is 12.2.